The number of carboxylic acids is 1. The Kier molecular flexibility index (Phi) is 4.00. The summed E-state index contributed by atoms with van der Waals surface area (Å²) in [6, 6.07) is 4.55. The lowest BCUT2D eigenvalue weighted by Crippen LogP contribution is -2.48. The Bertz CT molecular complexity index is 512. The number of rotatable bonds is 4. The third-order valence-electron chi connectivity index (χ3n) is 2.13. The van der Waals surface area contributed by atoms with Crippen molar-refractivity contribution >= 4 is 33.3 Å². The van der Waals surface area contributed by atoms with Crippen molar-refractivity contribution in [3.05, 3.63) is 29.3 Å². The largest absolute Gasteiger partial charge is 0.548 e. The third kappa shape index (κ3) is 3.34. The molecule has 1 aromatic carbocycles. The average Bonchev–Trinajstić information content (AvgIpc) is 2.19. The summed E-state index contributed by atoms with van der Waals surface area (Å²) in [4.78, 5) is 10.8. The van der Waals surface area contributed by atoms with Crippen molar-refractivity contribution < 1.29 is 18.3 Å². The van der Waals surface area contributed by atoms with Crippen molar-refractivity contribution in [2.45, 2.75) is 13.0 Å². The number of carbonyl (C=O) groups is 1. The van der Waals surface area contributed by atoms with E-state index in [-0.39, 0.29) is 5.69 Å². The van der Waals surface area contributed by atoms with E-state index in [0.29, 0.717) is 5.02 Å². The normalized spacial score (nSPS) is 13.1. The fraction of sp³-hybridized carbons (Fsp3) is 0.300. The van der Waals surface area contributed by atoms with Gasteiger partial charge >= 0.3 is 0 Å². The van der Waals surface area contributed by atoms with E-state index in [0.717, 1.165) is 10.6 Å². The van der Waals surface area contributed by atoms with Crippen LogP contribution in [0.3, 0.4) is 0 Å². The van der Waals surface area contributed by atoms with Crippen molar-refractivity contribution in [1.29, 1.82) is 0 Å². The second-order valence-electron chi connectivity index (χ2n) is 3.53. The van der Waals surface area contributed by atoms with Gasteiger partial charge in [0.25, 0.3) is 0 Å². The van der Waals surface area contributed by atoms with Gasteiger partial charge in [0, 0.05) is 5.02 Å². The first-order valence-electron chi connectivity index (χ1n) is 4.69. The zero-order valence-corrected chi connectivity index (χ0v) is 10.8. The predicted octanol–water partition coefficient (Wildman–Crippen LogP) is 0.244. The lowest BCUT2D eigenvalue weighted by atomic mass is 10.2. The molecule has 0 radical (unpaired) electrons. The number of carbonyl (C=O) groups excluding carboxylic acids is 1. The number of aliphatic carboxylic acids is 1. The maximum absolute atomic E-state index is 11.6. The van der Waals surface area contributed by atoms with Gasteiger partial charge in [-0.1, -0.05) is 11.6 Å². The highest BCUT2D eigenvalue weighted by atomic mass is 35.5. The van der Waals surface area contributed by atoms with Crippen LogP contribution in [-0.2, 0) is 14.8 Å². The summed E-state index contributed by atoms with van der Waals surface area (Å²) in [6.07, 6.45) is 0.932. The summed E-state index contributed by atoms with van der Waals surface area (Å²) in [5, 5.41) is 11.2. The Labute approximate surface area is 105 Å². The molecular formula is C10H11ClNO4S-. The molecule has 0 unspecified atom stereocenters. The molecule has 7 heteroatoms. The SMILES string of the molecule is C[C@@H](C(=O)[O-])N(c1ccc(Cl)cc1)S(C)(=O)=O. The van der Waals surface area contributed by atoms with Crippen LogP contribution < -0.4 is 9.41 Å². The van der Waals surface area contributed by atoms with Crippen molar-refractivity contribution in [3.63, 3.8) is 0 Å². The smallest absolute Gasteiger partial charge is 0.232 e. The minimum Gasteiger partial charge on any atom is -0.548 e. The molecule has 0 heterocycles. The summed E-state index contributed by atoms with van der Waals surface area (Å²) in [5.41, 5.74) is 0.230. The van der Waals surface area contributed by atoms with Crippen LogP contribution in [0.25, 0.3) is 0 Å². The Balaban J connectivity index is 3.25. The Hall–Kier alpha value is -1.27. The highest BCUT2D eigenvalue weighted by molar-refractivity contribution is 7.92. The molecule has 0 fully saturated rings. The minimum atomic E-state index is -3.71. The Morgan fingerprint density at radius 1 is 1.35 bits per heavy atom. The van der Waals surface area contributed by atoms with Crippen molar-refractivity contribution in [3.8, 4) is 0 Å². The number of hydrogen-bond donors (Lipinski definition) is 0. The van der Waals surface area contributed by atoms with Crippen LogP contribution in [0.2, 0.25) is 5.02 Å². The zero-order valence-electron chi connectivity index (χ0n) is 9.25. The number of carboxylic acid groups (broad SMARTS) is 1. The van der Waals surface area contributed by atoms with Gasteiger partial charge in [0.05, 0.1) is 24.0 Å². The van der Waals surface area contributed by atoms with Crippen LogP contribution in [0, 0.1) is 0 Å². The van der Waals surface area contributed by atoms with Gasteiger partial charge in [0.15, 0.2) is 0 Å². The van der Waals surface area contributed by atoms with Gasteiger partial charge in [-0.15, -0.1) is 0 Å². The molecule has 0 saturated heterocycles. The summed E-state index contributed by atoms with van der Waals surface area (Å²) >= 11 is 5.68. The lowest BCUT2D eigenvalue weighted by Gasteiger charge is -2.29. The van der Waals surface area contributed by atoms with E-state index in [1.807, 2.05) is 0 Å². The van der Waals surface area contributed by atoms with E-state index in [1.165, 1.54) is 31.2 Å². The second-order valence-corrected chi connectivity index (χ2v) is 5.83. The summed E-state index contributed by atoms with van der Waals surface area (Å²) < 4.78 is 23.9. The van der Waals surface area contributed by atoms with Gasteiger partial charge in [0.1, 0.15) is 0 Å². The van der Waals surface area contributed by atoms with E-state index in [2.05, 4.69) is 0 Å². The first-order valence-corrected chi connectivity index (χ1v) is 6.92. The van der Waals surface area contributed by atoms with E-state index in [4.69, 9.17) is 11.6 Å². The van der Waals surface area contributed by atoms with E-state index < -0.39 is 22.0 Å². The number of sulfonamides is 1. The molecule has 94 valence electrons. The molecule has 0 N–H and O–H groups in total. The van der Waals surface area contributed by atoms with Gasteiger partial charge in [-0.2, -0.15) is 0 Å². The van der Waals surface area contributed by atoms with Gasteiger partial charge in [-0.3, -0.25) is 4.31 Å². The number of nitrogens with zero attached hydrogens (tertiary/aromatic N) is 1. The quantitative estimate of drug-likeness (QED) is 0.789. The predicted molar refractivity (Wildman–Crippen MR) is 63.2 cm³/mol. The molecule has 0 amide bonds. The van der Waals surface area contributed by atoms with Crippen LogP contribution in [0.15, 0.2) is 24.3 Å². The molecular weight excluding hydrogens is 266 g/mol. The molecule has 0 aromatic heterocycles. The van der Waals surface area contributed by atoms with E-state index in [9.17, 15) is 18.3 Å². The Morgan fingerprint density at radius 2 is 1.82 bits per heavy atom. The molecule has 0 aliphatic heterocycles. The average molecular weight is 277 g/mol. The molecule has 1 aromatic rings. The maximum Gasteiger partial charge on any atom is 0.232 e. The van der Waals surface area contributed by atoms with Gasteiger partial charge in [0.2, 0.25) is 10.0 Å². The first kappa shape index (κ1) is 13.8. The summed E-state index contributed by atoms with van der Waals surface area (Å²) in [7, 11) is -3.71. The van der Waals surface area contributed by atoms with Gasteiger partial charge in [-0.05, 0) is 31.2 Å². The van der Waals surface area contributed by atoms with Crippen LogP contribution in [-0.4, -0.2) is 26.7 Å². The van der Waals surface area contributed by atoms with Crippen molar-refractivity contribution in [2.24, 2.45) is 0 Å². The fourth-order valence-electron chi connectivity index (χ4n) is 1.39. The molecule has 5 nitrogen and oxygen atoms in total. The van der Waals surface area contributed by atoms with Crippen LogP contribution in [0.4, 0.5) is 5.69 Å². The molecule has 0 saturated carbocycles. The number of hydrogen-bond acceptors (Lipinski definition) is 4. The Morgan fingerprint density at radius 3 is 2.18 bits per heavy atom. The maximum atomic E-state index is 11.6. The second kappa shape index (κ2) is 4.93. The monoisotopic (exact) mass is 276 g/mol. The first-order chi connectivity index (χ1) is 7.73. The lowest BCUT2D eigenvalue weighted by molar-refractivity contribution is -0.306. The minimum absolute atomic E-state index is 0.230. The topological polar surface area (TPSA) is 77.5 Å². The van der Waals surface area contributed by atoms with Crippen LogP contribution in [0.5, 0.6) is 0 Å². The molecule has 1 rings (SSSR count). The zero-order chi connectivity index (χ0) is 13.2. The number of anilines is 1. The molecule has 0 aliphatic rings. The molecule has 1 atom stereocenters. The molecule has 0 spiro atoms. The summed E-state index contributed by atoms with van der Waals surface area (Å²) in [5.74, 6) is -1.47. The molecule has 0 bridgehead atoms. The van der Waals surface area contributed by atoms with Crippen molar-refractivity contribution in [1.82, 2.24) is 0 Å². The standard InChI is InChI=1S/C10H12ClNO4S/c1-7(10(13)14)12(17(2,15)16)9-5-3-8(11)4-6-9/h3-7H,1-2H3,(H,13,14)/p-1/t7-/m0/s1. The highest BCUT2D eigenvalue weighted by Gasteiger charge is 2.24. The number of halogens is 1. The van der Waals surface area contributed by atoms with Crippen LogP contribution >= 0.6 is 11.6 Å². The van der Waals surface area contributed by atoms with Crippen LogP contribution in [0.1, 0.15) is 6.92 Å². The van der Waals surface area contributed by atoms with Gasteiger partial charge in [-0.25, -0.2) is 8.42 Å². The summed E-state index contributed by atoms with van der Waals surface area (Å²) in [6.45, 7) is 1.24. The third-order valence-corrected chi connectivity index (χ3v) is 3.62. The highest BCUT2D eigenvalue weighted by Crippen LogP contribution is 2.22. The van der Waals surface area contributed by atoms with E-state index in [1.54, 1.807) is 0 Å². The van der Waals surface area contributed by atoms with Gasteiger partial charge < -0.3 is 9.90 Å². The van der Waals surface area contributed by atoms with Crippen molar-refractivity contribution in [2.75, 3.05) is 10.6 Å². The molecule has 0 aliphatic carbocycles. The molecule has 17 heavy (non-hydrogen) atoms. The fourth-order valence-corrected chi connectivity index (χ4v) is 2.68. The van der Waals surface area contributed by atoms with E-state index >= 15 is 0 Å². The number of benzene rings is 1.